The number of rotatable bonds is 0. The molecule has 2 aliphatic rings. The summed E-state index contributed by atoms with van der Waals surface area (Å²) in [4.78, 5) is 11.2. The molecule has 4 nitrogen and oxygen atoms in total. The second kappa shape index (κ2) is 2.71. The lowest BCUT2D eigenvalue weighted by molar-refractivity contribution is -0.121. The molecule has 0 radical (unpaired) electrons. The van der Waals surface area contributed by atoms with Crippen LogP contribution in [0.5, 0.6) is 0 Å². The number of nitrogens with two attached hydrogens (primary N) is 1. The zero-order valence-corrected chi connectivity index (χ0v) is 7.01. The number of carbonyl (C=O) groups excluding carboxylic acids is 1. The van der Waals surface area contributed by atoms with Crippen molar-refractivity contribution in [1.29, 1.82) is 0 Å². The summed E-state index contributed by atoms with van der Waals surface area (Å²) in [5.74, 6) is -0.00287. The third-order valence-corrected chi connectivity index (χ3v) is 3.05. The van der Waals surface area contributed by atoms with E-state index in [-0.39, 0.29) is 17.4 Å². The molecule has 0 aromatic rings. The highest BCUT2D eigenvalue weighted by molar-refractivity contribution is 5.85. The van der Waals surface area contributed by atoms with Crippen LogP contribution in [0.2, 0.25) is 0 Å². The van der Waals surface area contributed by atoms with E-state index in [9.17, 15) is 4.79 Å². The van der Waals surface area contributed by atoms with Crippen LogP contribution in [0.4, 0.5) is 0 Å². The van der Waals surface area contributed by atoms with Gasteiger partial charge in [-0.15, -0.1) is 0 Å². The van der Waals surface area contributed by atoms with Gasteiger partial charge in [-0.2, -0.15) is 0 Å². The van der Waals surface area contributed by atoms with Crippen molar-refractivity contribution < 1.29 is 9.53 Å². The molecule has 0 aromatic carbocycles. The molecule has 68 valence electrons. The van der Waals surface area contributed by atoms with Crippen LogP contribution in [0.25, 0.3) is 0 Å². The normalized spacial score (nSPS) is 33.8. The maximum Gasteiger partial charge on any atom is 0.237 e. The highest BCUT2D eigenvalue weighted by Crippen LogP contribution is 2.35. The Labute approximate surface area is 71.4 Å². The third kappa shape index (κ3) is 1.03. The molecule has 1 atom stereocenters. The van der Waals surface area contributed by atoms with Gasteiger partial charge in [0.25, 0.3) is 0 Å². The minimum atomic E-state index is -0.318. The number of carbonyl (C=O) groups is 1. The average Bonchev–Trinajstić information content (AvgIpc) is 2.37. The molecule has 0 aliphatic carbocycles. The molecule has 12 heavy (non-hydrogen) atoms. The Morgan fingerprint density at radius 3 is 2.67 bits per heavy atom. The lowest BCUT2D eigenvalue weighted by atomic mass is 9.76. The molecule has 2 aliphatic heterocycles. The van der Waals surface area contributed by atoms with E-state index in [0.29, 0.717) is 0 Å². The van der Waals surface area contributed by atoms with Gasteiger partial charge in [-0.1, -0.05) is 0 Å². The fraction of sp³-hybridized carbons (Fsp3) is 0.875. The molecule has 3 N–H and O–H groups in total. The fourth-order valence-corrected chi connectivity index (χ4v) is 2.03. The molecule has 0 aromatic heterocycles. The van der Waals surface area contributed by atoms with Gasteiger partial charge in [0.05, 0.1) is 6.04 Å². The van der Waals surface area contributed by atoms with Crippen molar-refractivity contribution >= 4 is 5.91 Å². The van der Waals surface area contributed by atoms with E-state index in [1.807, 2.05) is 0 Å². The molecule has 2 rings (SSSR count). The molecule has 0 saturated carbocycles. The zero-order chi connectivity index (χ0) is 8.60. The van der Waals surface area contributed by atoms with E-state index in [0.717, 1.165) is 32.6 Å². The standard InChI is InChI=1S/C8H14N2O2/c9-6-7(11)10-5-8(6)1-3-12-4-2-8/h6H,1-5,9H2,(H,10,11)/t6-/m1/s1. The summed E-state index contributed by atoms with van der Waals surface area (Å²) in [6.07, 6.45) is 1.82. The van der Waals surface area contributed by atoms with Gasteiger partial charge in [0.1, 0.15) is 0 Å². The van der Waals surface area contributed by atoms with E-state index in [1.54, 1.807) is 0 Å². The summed E-state index contributed by atoms with van der Waals surface area (Å²) < 4.78 is 5.25. The van der Waals surface area contributed by atoms with Gasteiger partial charge in [-0.3, -0.25) is 4.79 Å². The lowest BCUT2D eigenvalue weighted by Crippen LogP contribution is -2.46. The SMILES string of the molecule is N[C@@H]1C(=O)NCC12CCOCC2. The Morgan fingerprint density at radius 1 is 1.50 bits per heavy atom. The topological polar surface area (TPSA) is 64.4 Å². The minimum Gasteiger partial charge on any atom is -0.381 e. The van der Waals surface area contributed by atoms with Crippen LogP contribution in [0.15, 0.2) is 0 Å². The van der Waals surface area contributed by atoms with Crippen LogP contribution in [0.3, 0.4) is 0 Å². The zero-order valence-electron chi connectivity index (χ0n) is 7.01. The average molecular weight is 170 g/mol. The van der Waals surface area contributed by atoms with E-state index in [2.05, 4.69) is 5.32 Å². The Hall–Kier alpha value is -0.610. The van der Waals surface area contributed by atoms with Crippen molar-refractivity contribution in [3.05, 3.63) is 0 Å². The van der Waals surface area contributed by atoms with Gasteiger partial charge in [0.15, 0.2) is 0 Å². The maximum atomic E-state index is 11.2. The van der Waals surface area contributed by atoms with E-state index in [1.165, 1.54) is 0 Å². The summed E-state index contributed by atoms with van der Waals surface area (Å²) >= 11 is 0. The molecule has 2 fully saturated rings. The summed E-state index contributed by atoms with van der Waals surface area (Å²) in [6.45, 7) is 2.21. The first-order chi connectivity index (χ1) is 5.75. The summed E-state index contributed by atoms with van der Waals surface area (Å²) in [5.41, 5.74) is 5.82. The van der Waals surface area contributed by atoms with Gasteiger partial charge in [0.2, 0.25) is 5.91 Å². The van der Waals surface area contributed by atoms with Crippen molar-refractivity contribution in [1.82, 2.24) is 5.32 Å². The Kier molecular flexibility index (Phi) is 1.81. The fourth-order valence-electron chi connectivity index (χ4n) is 2.03. The van der Waals surface area contributed by atoms with Gasteiger partial charge in [-0.25, -0.2) is 0 Å². The van der Waals surface area contributed by atoms with Crippen LogP contribution in [-0.2, 0) is 9.53 Å². The summed E-state index contributed by atoms with van der Waals surface area (Å²) in [7, 11) is 0. The number of hydrogen-bond donors (Lipinski definition) is 2. The van der Waals surface area contributed by atoms with Gasteiger partial charge in [0, 0.05) is 25.2 Å². The molecule has 0 unspecified atom stereocenters. The first-order valence-electron chi connectivity index (χ1n) is 4.36. The molecular weight excluding hydrogens is 156 g/mol. The van der Waals surface area contributed by atoms with Crippen molar-refractivity contribution in [2.45, 2.75) is 18.9 Å². The molecule has 1 amide bonds. The van der Waals surface area contributed by atoms with Crippen LogP contribution in [0.1, 0.15) is 12.8 Å². The van der Waals surface area contributed by atoms with Gasteiger partial charge in [-0.05, 0) is 12.8 Å². The lowest BCUT2D eigenvalue weighted by Gasteiger charge is -2.34. The Morgan fingerprint density at radius 2 is 2.17 bits per heavy atom. The number of amides is 1. The smallest absolute Gasteiger partial charge is 0.237 e. The first kappa shape index (κ1) is 8.01. The Balaban J connectivity index is 2.14. The van der Waals surface area contributed by atoms with E-state index < -0.39 is 0 Å². The molecule has 4 heteroatoms. The molecule has 0 bridgehead atoms. The second-order valence-electron chi connectivity index (χ2n) is 3.67. The number of nitrogens with one attached hydrogen (secondary N) is 1. The summed E-state index contributed by atoms with van der Waals surface area (Å²) in [6, 6.07) is -0.318. The molecule has 1 spiro atoms. The van der Waals surface area contributed by atoms with Crippen LogP contribution >= 0.6 is 0 Å². The van der Waals surface area contributed by atoms with E-state index in [4.69, 9.17) is 10.5 Å². The van der Waals surface area contributed by atoms with Gasteiger partial charge >= 0.3 is 0 Å². The number of hydrogen-bond acceptors (Lipinski definition) is 3. The van der Waals surface area contributed by atoms with Crippen molar-refractivity contribution in [2.24, 2.45) is 11.1 Å². The minimum absolute atomic E-state index is 0.00287. The highest BCUT2D eigenvalue weighted by atomic mass is 16.5. The number of ether oxygens (including phenoxy) is 1. The maximum absolute atomic E-state index is 11.2. The predicted molar refractivity (Wildman–Crippen MR) is 43.5 cm³/mol. The van der Waals surface area contributed by atoms with Crippen LogP contribution in [-0.4, -0.2) is 31.7 Å². The van der Waals surface area contributed by atoms with Crippen molar-refractivity contribution in [3.8, 4) is 0 Å². The first-order valence-corrected chi connectivity index (χ1v) is 4.36. The third-order valence-electron chi connectivity index (χ3n) is 3.05. The highest BCUT2D eigenvalue weighted by Gasteiger charge is 2.46. The largest absolute Gasteiger partial charge is 0.381 e. The van der Waals surface area contributed by atoms with Crippen molar-refractivity contribution in [3.63, 3.8) is 0 Å². The molecular formula is C8H14N2O2. The summed E-state index contributed by atoms with van der Waals surface area (Å²) in [5, 5.41) is 2.81. The Bertz CT molecular complexity index is 199. The second-order valence-corrected chi connectivity index (χ2v) is 3.67. The van der Waals surface area contributed by atoms with E-state index >= 15 is 0 Å². The quantitative estimate of drug-likeness (QED) is 0.502. The van der Waals surface area contributed by atoms with Crippen molar-refractivity contribution in [2.75, 3.05) is 19.8 Å². The van der Waals surface area contributed by atoms with Crippen LogP contribution in [0, 0.1) is 5.41 Å². The monoisotopic (exact) mass is 170 g/mol. The van der Waals surface area contributed by atoms with Crippen LogP contribution < -0.4 is 11.1 Å². The predicted octanol–water partition coefficient (Wildman–Crippen LogP) is -0.760. The van der Waals surface area contributed by atoms with Gasteiger partial charge < -0.3 is 15.8 Å². The molecule has 2 saturated heterocycles. The molecule has 2 heterocycles.